The van der Waals surface area contributed by atoms with Crippen molar-refractivity contribution in [3.8, 4) is 11.5 Å². The third-order valence-electron chi connectivity index (χ3n) is 6.19. The predicted octanol–water partition coefficient (Wildman–Crippen LogP) is 2.65. The minimum atomic E-state index is -3.92. The molecule has 10 heteroatoms. The van der Waals surface area contributed by atoms with Gasteiger partial charge in [-0.15, -0.1) is 0 Å². The minimum absolute atomic E-state index is 0.0117. The lowest BCUT2D eigenvalue weighted by molar-refractivity contribution is -0.120. The number of anilines is 2. The minimum Gasteiger partial charge on any atom is -0.497 e. The Hall–Kier alpha value is -3.11. The smallest absolute Gasteiger partial charge is 0.243 e. The second-order valence-corrected chi connectivity index (χ2v) is 10.7. The molecule has 0 radical (unpaired) electrons. The maximum atomic E-state index is 13.2. The molecule has 0 spiro atoms. The van der Waals surface area contributed by atoms with Crippen molar-refractivity contribution in [1.29, 1.82) is 0 Å². The first-order valence-corrected chi connectivity index (χ1v) is 12.5. The van der Waals surface area contributed by atoms with Crippen molar-refractivity contribution >= 4 is 33.2 Å². The third kappa shape index (κ3) is 4.60. The number of fused-ring (bicyclic) bond motifs is 1. The van der Waals surface area contributed by atoms with E-state index in [-0.39, 0.29) is 29.3 Å². The molecule has 1 N–H and O–H groups in total. The molecule has 1 saturated carbocycles. The number of benzene rings is 2. The van der Waals surface area contributed by atoms with E-state index in [0.29, 0.717) is 23.6 Å². The van der Waals surface area contributed by atoms with Gasteiger partial charge in [0.25, 0.3) is 0 Å². The molecule has 4 rings (SSSR count). The van der Waals surface area contributed by atoms with Gasteiger partial charge in [-0.2, -0.15) is 4.31 Å². The number of rotatable bonds is 8. The summed E-state index contributed by atoms with van der Waals surface area (Å²) < 4.78 is 37.8. The Bertz CT molecular complexity index is 1230. The van der Waals surface area contributed by atoms with E-state index in [1.807, 2.05) is 6.92 Å². The Morgan fingerprint density at radius 3 is 2.50 bits per heavy atom. The second kappa shape index (κ2) is 9.27. The average molecular weight is 488 g/mol. The lowest BCUT2D eigenvalue weighted by Gasteiger charge is -2.23. The summed E-state index contributed by atoms with van der Waals surface area (Å²) in [5.41, 5.74) is 1.97. The second-order valence-electron chi connectivity index (χ2n) is 8.70. The molecule has 1 atom stereocenters. The van der Waals surface area contributed by atoms with Crippen LogP contribution in [-0.4, -0.2) is 58.4 Å². The van der Waals surface area contributed by atoms with Crippen LogP contribution in [-0.2, 0) is 26.0 Å². The summed E-state index contributed by atoms with van der Waals surface area (Å²) in [6.45, 7) is 1.58. The van der Waals surface area contributed by atoms with Crippen LogP contribution in [0.15, 0.2) is 41.3 Å². The maximum absolute atomic E-state index is 13.2. The van der Waals surface area contributed by atoms with Gasteiger partial charge in [0.2, 0.25) is 21.8 Å². The first-order valence-electron chi connectivity index (χ1n) is 11.1. The van der Waals surface area contributed by atoms with E-state index < -0.39 is 15.9 Å². The number of ether oxygens (including phenoxy) is 2. The molecule has 1 aliphatic carbocycles. The van der Waals surface area contributed by atoms with E-state index in [0.717, 1.165) is 28.4 Å². The molecule has 0 aromatic heterocycles. The van der Waals surface area contributed by atoms with E-state index in [2.05, 4.69) is 5.32 Å². The van der Waals surface area contributed by atoms with Crippen molar-refractivity contribution in [2.24, 2.45) is 5.92 Å². The quantitative estimate of drug-likeness (QED) is 0.614. The number of sulfonamides is 1. The lowest BCUT2D eigenvalue weighted by atomic mass is 10.1. The molecule has 9 nitrogen and oxygen atoms in total. The van der Waals surface area contributed by atoms with Crippen LogP contribution in [0.5, 0.6) is 11.5 Å². The van der Waals surface area contributed by atoms with Crippen LogP contribution >= 0.6 is 0 Å². The maximum Gasteiger partial charge on any atom is 0.243 e. The van der Waals surface area contributed by atoms with E-state index in [1.165, 1.54) is 27.3 Å². The van der Waals surface area contributed by atoms with Gasteiger partial charge in [0.05, 0.1) is 31.3 Å². The molecule has 0 saturated heterocycles. The first kappa shape index (κ1) is 24.0. The van der Waals surface area contributed by atoms with Crippen LogP contribution < -0.4 is 19.7 Å². The van der Waals surface area contributed by atoms with Crippen LogP contribution in [0.3, 0.4) is 0 Å². The van der Waals surface area contributed by atoms with Crippen molar-refractivity contribution in [3.63, 3.8) is 0 Å². The Balaban J connectivity index is 1.49. The number of likely N-dealkylation sites (N-methyl/N-ethyl adjacent to an activating group) is 1. The Morgan fingerprint density at radius 2 is 1.85 bits per heavy atom. The van der Waals surface area contributed by atoms with Gasteiger partial charge in [-0.1, -0.05) is 0 Å². The molecular formula is C24H29N3O6S. The molecular weight excluding hydrogens is 458 g/mol. The monoisotopic (exact) mass is 487 g/mol. The Kier molecular flexibility index (Phi) is 6.55. The zero-order chi connectivity index (χ0) is 24.6. The van der Waals surface area contributed by atoms with E-state index in [9.17, 15) is 18.0 Å². The molecule has 2 aliphatic rings. The van der Waals surface area contributed by atoms with Crippen molar-refractivity contribution in [2.75, 3.05) is 38.0 Å². The molecule has 1 aliphatic heterocycles. The molecule has 2 aromatic carbocycles. The fraction of sp³-hybridized carbons (Fsp3) is 0.417. The summed E-state index contributed by atoms with van der Waals surface area (Å²) in [7, 11) is 0.416. The van der Waals surface area contributed by atoms with Gasteiger partial charge in [-0.25, -0.2) is 8.42 Å². The zero-order valence-corrected chi connectivity index (χ0v) is 20.5. The summed E-state index contributed by atoms with van der Waals surface area (Å²) in [6, 6.07) is 9.74. The molecule has 182 valence electrons. The highest BCUT2D eigenvalue weighted by Gasteiger charge is 2.40. The SMILES string of the molecule is COc1ccc(OC)c(NC(=O)CN(C)S(=O)(=O)c2ccc3c(c2)C[C@@H](C)N3C(=O)C2CC2)c1. The number of carbonyl (C=O) groups excluding carboxylic acids is 2. The molecule has 2 aromatic rings. The topological polar surface area (TPSA) is 105 Å². The van der Waals surface area contributed by atoms with Crippen LogP contribution in [0.25, 0.3) is 0 Å². The number of carbonyl (C=O) groups is 2. The highest BCUT2D eigenvalue weighted by atomic mass is 32.2. The average Bonchev–Trinajstić information content (AvgIpc) is 3.60. The molecule has 1 heterocycles. The predicted molar refractivity (Wildman–Crippen MR) is 128 cm³/mol. The van der Waals surface area contributed by atoms with Crippen LogP contribution in [0.2, 0.25) is 0 Å². The molecule has 0 bridgehead atoms. The highest BCUT2D eigenvalue weighted by molar-refractivity contribution is 7.89. The number of nitrogens with zero attached hydrogens (tertiary/aromatic N) is 2. The van der Waals surface area contributed by atoms with Gasteiger partial charge < -0.3 is 19.7 Å². The number of methoxy groups -OCH3 is 2. The van der Waals surface area contributed by atoms with Gasteiger partial charge in [0.1, 0.15) is 11.5 Å². The Morgan fingerprint density at radius 1 is 1.12 bits per heavy atom. The van der Waals surface area contributed by atoms with Crippen LogP contribution in [0, 0.1) is 5.92 Å². The molecule has 0 unspecified atom stereocenters. The summed E-state index contributed by atoms with van der Waals surface area (Å²) in [5, 5.41) is 2.68. The van der Waals surface area contributed by atoms with Crippen molar-refractivity contribution in [1.82, 2.24) is 4.31 Å². The number of hydrogen-bond acceptors (Lipinski definition) is 6. The summed E-state index contributed by atoms with van der Waals surface area (Å²) in [5.74, 6) is 0.637. The largest absolute Gasteiger partial charge is 0.497 e. The van der Waals surface area contributed by atoms with Crippen molar-refractivity contribution in [2.45, 2.75) is 37.1 Å². The fourth-order valence-corrected chi connectivity index (χ4v) is 5.38. The summed E-state index contributed by atoms with van der Waals surface area (Å²) >= 11 is 0. The first-order chi connectivity index (χ1) is 16.1. The zero-order valence-electron chi connectivity index (χ0n) is 19.7. The highest BCUT2D eigenvalue weighted by Crippen LogP contribution is 2.39. The van der Waals surface area contributed by atoms with Crippen molar-refractivity contribution in [3.05, 3.63) is 42.0 Å². The van der Waals surface area contributed by atoms with Gasteiger partial charge in [-0.3, -0.25) is 9.59 Å². The summed E-state index contributed by atoms with van der Waals surface area (Å²) in [4.78, 5) is 27.2. The molecule has 1 fully saturated rings. The van der Waals surface area contributed by atoms with E-state index >= 15 is 0 Å². The normalized spacial score (nSPS) is 17.4. The number of amides is 2. The standard InChI is InChI=1S/C24H29N3O6S/c1-15-11-17-12-19(8-9-21(17)27(15)24(29)16-5-6-16)34(30,31)26(2)14-23(28)25-20-13-18(32-3)7-10-22(20)33-4/h7-10,12-13,15-16H,5-6,11,14H2,1-4H3,(H,25,28)/t15-/m1/s1. The van der Waals surface area contributed by atoms with Gasteiger partial charge in [0.15, 0.2) is 0 Å². The molecule has 2 amide bonds. The summed E-state index contributed by atoms with van der Waals surface area (Å²) in [6.07, 6.45) is 2.42. The molecule has 34 heavy (non-hydrogen) atoms. The van der Waals surface area contributed by atoms with E-state index in [1.54, 1.807) is 35.2 Å². The van der Waals surface area contributed by atoms with Crippen molar-refractivity contribution < 1.29 is 27.5 Å². The number of nitrogens with one attached hydrogen (secondary N) is 1. The third-order valence-corrected chi connectivity index (χ3v) is 7.99. The Labute approximate surface area is 199 Å². The van der Waals surface area contributed by atoms with Gasteiger partial charge in [0, 0.05) is 30.8 Å². The van der Waals surface area contributed by atoms with Crippen LogP contribution in [0.1, 0.15) is 25.3 Å². The fourth-order valence-electron chi connectivity index (χ4n) is 4.20. The van der Waals surface area contributed by atoms with Gasteiger partial charge in [-0.05, 0) is 62.1 Å². The lowest BCUT2D eigenvalue weighted by Crippen LogP contribution is -2.36. The number of hydrogen-bond donors (Lipinski definition) is 1. The van der Waals surface area contributed by atoms with E-state index in [4.69, 9.17) is 9.47 Å². The van der Waals surface area contributed by atoms with Crippen LogP contribution in [0.4, 0.5) is 11.4 Å². The van der Waals surface area contributed by atoms with Gasteiger partial charge >= 0.3 is 0 Å².